The summed E-state index contributed by atoms with van der Waals surface area (Å²) in [4.78, 5) is 4.20. The zero-order chi connectivity index (χ0) is 8.97. The van der Waals surface area contributed by atoms with Gasteiger partial charge in [0.2, 0.25) is 0 Å². The monoisotopic (exact) mass is 184 g/mol. The Morgan fingerprint density at radius 1 is 1.67 bits per heavy atom. The summed E-state index contributed by atoms with van der Waals surface area (Å²) in [6.45, 7) is 4.05. The molecule has 0 spiro atoms. The smallest absolute Gasteiger partial charge is 0.129 e. The first-order chi connectivity index (χ1) is 5.74. The van der Waals surface area contributed by atoms with Gasteiger partial charge < -0.3 is 5.32 Å². The SMILES string of the molecule is Cc1cccnc1NC(C)CCl. The van der Waals surface area contributed by atoms with Gasteiger partial charge in [-0.25, -0.2) is 4.98 Å². The Bertz CT molecular complexity index is 250. The molecule has 0 saturated carbocycles. The second kappa shape index (κ2) is 4.31. The van der Waals surface area contributed by atoms with Gasteiger partial charge >= 0.3 is 0 Å². The van der Waals surface area contributed by atoms with Crippen LogP contribution in [0.4, 0.5) is 5.82 Å². The van der Waals surface area contributed by atoms with Gasteiger partial charge in [-0.15, -0.1) is 11.6 Å². The van der Waals surface area contributed by atoms with Crippen LogP contribution < -0.4 is 5.32 Å². The average molecular weight is 185 g/mol. The lowest BCUT2D eigenvalue weighted by Crippen LogP contribution is -2.17. The van der Waals surface area contributed by atoms with Crippen molar-refractivity contribution in [1.82, 2.24) is 4.98 Å². The molecule has 0 fully saturated rings. The van der Waals surface area contributed by atoms with Crippen LogP contribution in [0.2, 0.25) is 0 Å². The molecule has 1 unspecified atom stereocenters. The van der Waals surface area contributed by atoms with Crippen LogP contribution in [0.1, 0.15) is 12.5 Å². The molecule has 1 aromatic heterocycles. The summed E-state index contributed by atoms with van der Waals surface area (Å²) in [7, 11) is 0. The summed E-state index contributed by atoms with van der Waals surface area (Å²) in [6, 6.07) is 4.21. The molecule has 0 amide bonds. The Morgan fingerprint density at radius 2 is 2.42 bits per heavy atom. The predicted octanol–water partition coefficient (Wildman–Crippen LogP) is 2.43. The van der Waals surface area contributed by atoms with Crippen LogP contribution in [-0.4, -0.2) is 16.9 Å². The molecule has 1 aromatic rings. The van der Waals surface area contributed by atoms with E-state index >= 15 is 0 Å². The lowest BCUT2D eigenvalue weighted by Gasteiger charge is -2.12. The number of pyridine rings is 1. The van der Waals surface area contributed by atoms with E-state index in [1.807, 2.05) is 26.0 Å². The molecule has 0 aromatic carbocycles. The highest BCUT2D eigenvalue weighted by atomic mass is 35.5. The third kappa shape index (κ3) is 2.38. The molecule has 1 rings (SSSR count). The van der Waals surface area contributed by atoms with E-state index in [1.54, 1.807) is 6.20 Å². The van der Waals surface area contributed by atoms with Gasteiger partial charge in [-0.1, -0.05) is 6.07 Å². The minimum absolute atomic E-state index is 0.264. The van der Waals surface area contributed by atoms with Gasteiger partial charge in [0.15, 0.2) is 0 Å². The highest BCUT2D eigenvalue weighted by Crippen LogP contribution is 2.10. The van der Waals surface area contributed by atoms with Crippen molar-refractivity contribution in [3.8, 4) is 0 Å². The Balaban J connectivity index is 2.69. The van der Waals surface area contributed by atoms with Gasteiger partial charge in [-0.3, -0.25) is 0 Å². The van der Waals surface area contributed by atoms with Gasteiger partial charge in [-0.05, 0) is 25.5 Å². The first kappa shape index (κ1) is 9.33. The molecule has 0 bridgehead atoms. The number of nitrogens with zero attached hydrogens (tertiary/aromatic N) is 1. The largest absolute Gasteiger partial charge is 0.366 e. The highest BCUT2D eigenvalue weighted by molar-refractivity contribution is 6.18. The molecule has 2 nitrogen and oxygen atoms in total. The first-order valence-electron chi connectivity index (χ1n) is 3.98. The van der Waals surface area contributed by atoms with Crippen molar-refractivity contribution in [2.45, 2.75) is 19.9 Å². The minimum Gasteiger partial charge on any atom is -0.366 e. The number of anilines is 1. The molecule has 1 N–H and O–H groups in total. The van der Waals surface area contributed by atoms with Crippen molar-refractivity contribution in [2.75, 3.05) is 11.2 Å². The van der Waals surface area contributed by atoms with E-state index in [-0.39, 0.29) is 6.04 Å². The van der Waals surface area contributed by atoms with E-state index in [1.165, 1.54) is 0 Å². The van der Waals surface area contributed by atoms with Crippen LogP contribution in [0.3, 0.4) is 0 Å². The van der Waals surface area contributed by atoms with Crippen molar-refractivity contribution < 1.29 is 0 Å². The summed E-state index contributed by atoms with van der Waals surface area (Å²) in [5, 5.41) is 3.22. The number of aryl methyl sites for hydroxylation is 1. The normalized spacial score (nSPS) is 12.6. The molecule has 66 valence electrons. The van der Waals surface area contributed by atoms with Gasteiger partial charge in [0, 0.05) is 18.1 Å². The molecule has 0 aliphatic heterocycles. The third-order valence-electron chi connectivity index (χ3n) is 1.62. The predicted molar refractivity (Wildman–Crippen MR) is 52.8 cm³/mol. The zero-order valence-electron chi connectivity index (χ0n) is 7.34. The lowest BCUT2D eigenvalue weighted by molar-refractivity contribution is 0.894. The standard InChI is InChI=1S/C9H13ClN2/c1-7-4-3-5-11-9(7)12-8(2)6-10/h3-5,8H,6H2,1-2H3,(H,11,12). The van der Waals surface area contributed by atoms with E-state index in [4.69, 9.17) is 11.6 Å². The van der Waals surface area contributed by atoms with E-state index in [0.717, 1.165) is 11.4 Å². The number of rotatable bonds is 3. The molecule has 1 atom stereocenters. The van der Waals surface area contributed by atoms with Crippen LogP contribution in [0.15, 0.2) is 18.3 Å². The summed E-state index contributed by atoms with van der Waals surface area (Å²) in [5.41, 5.74) is 1.15. The fraction of sp³-hybridized carbons (Fsp3) is 0.444. The van der Waals surface area contributed by atoms with Crippen molar-refractivity contribution >= 4 is 17.4 Å². The first-order valence-corrected chi connectivity index (χ1v) is 4.51. The number of nitrogens with one attached hydrogen (secondary N) is 1. The molecule has 0 aliphatic rings. The van der Waals surface area contributed by atoms with E-state index in [9.17, 15) is 0 Å². The second-order valence-corrected chi connectivity index (χ2v) is 3.18. The minimum atomic E-state index is 0.264. The summed E-state index contributed by atoms with van der Waals surface area (Å²) in [6.07, 6.45) is 1.77. The fourth-order valence-electron chi connectivity index (χ4n) is 0.909. The van der Waals surface area contributed by atoms with Crippen LogP contribution in [0.25, 0.3) is 0 Å². The molecule has 0 saturated heterocycles. The van der Waals surface area contributed by atoms with Gasteiger partial charge in [0.25, 0.3) is 0 Å². The maximum atomic E-state index is 5.66. The number of halogens is 1. The average Bonchev–Trinajstić information content (AvgIpc) is 2.09. The summed E-state index contributed by atoms with van der Waals surface area (Å²) < 4.78 is 0. The van der Waals surface area contributed by atoms with Gasteiger partial charge in [0.1, 0.15) is 5.82 Å². The van der Waals surface area contributed by atoms with E-state index in [0.29, 0.717) is 5.88 Å². The summed E-state index contributed by atoms with van der Waals surface area (Å²) in [5.74, 6) is 1.52. The highest BCUT2D eigenvalue weighted by Gasteiger charge is 2.02. The molecule has 1 heterocycles. The quantitative estimate of drug-likeness (QED) is 0.730. The van der Waals surface area contributed by atoms with Crippen LogP contribution in [-0.2, 0) is 0 Å². The van der Waals surface area contributed by atoms with Gasteiger partial charge in [-0.2, -0.15) is 0 Å². The lowest BCUT2D eigenvalue weighted by atomic mass is 10.2. The second-order valence-electron chi connectivity index (χ2n) is 2.87. The number of aromatic nitrogens is 1. The zero-order valence-corrected chi connectivity index (χ0v) is 8.10. The number of hydrogen-bond donors (Lipinski definition) is 1. The van der Waals surface area contributed by atoms with Crippen molar-refractivity contribution in [3.63, 3.8) is 0 Å². The molecule has 0 aliphatic carbocycles. The molecule has 3 heteroatoms. The van der Waals surface area contributed by atoms with Crippen LogP contribution in [0, 0.1) is 6.92 Å². The van der Waals surface area contributed by atoms with Crippen molar-refractivity contribution in [2.24, 2.45) is 0 Å². The Morgan fingerprint density at radius 3 is 3.00 bits per heavy atom. The Hall–Kier alpha value is -0.760. The van der Waals surface area contributed by atoms with E-state index in [2.05, 4.69) is 10.3 Å². The molecule has 0 radical (unpaired) electrons. The fourth-order valence-corrected chi connectivity index (χ4v) is 0.986. The van der Waals surface area contributed by atoms with Crippen molar-refractivity contribution in [3.05, 3.63) is 23.9 Å². The van der Waals surface area contributed by atoms with Gasteiger partial charge in [0.05, 0.1) is 0 Å². The summed E-state index contributed by atoms with van der Waals surface area (Å²) >= 11 is 5.66. The Kier molecular flexibility index (Phi) is 3.35. The molecular formula is C9H13ClN2. The van der Waals surface area contributed by atoms with E-state index < -0.39 is 0 Å². The number of alkyl halides is 1. The number of hydrogen-bond acceptors (Lipinski definition) is 2. The van der Waals surface area contributed by atoms with Crippen molar-refractivity contribution in [1.29, 1.82) is 0 Å². The molecule has 12 heavy (non-hydrogen) atoms. The maximum Gasteiger partial charge on any atom is 0.129 e. The molecular weight excluding hydrogens is 172 g/mol. The Labute approximate surface area is 78.0 Å². The maximum absolute atomic E-state index is 5.66. The third-order valence-corrected chi connectivity index (χ3v) is 2.09. The van der Waals surface area contributed by atoms with Crippen LogP contribution >= 0.6 is 11.6 Å². The topological polar surface area (TPSA) is 24.9 Å². The van der Waals surface area contributed by atoms with Crippen LogP contribution in [0.5, 0.6) is 0 Å².